The van der Waals surface area contributed by atoms with Crippen molar-refractivity contribution >= 4 is 11.5 Å². The van der Waals surface area contributed by atoms with E-state index in [1.54, 1.807) is 0 Å². The van der Waals surface area contributed by atoms with E-state index in [1.807, 2.05) is 41.1 Å². The molecule has 1 N–H and O–H groups in total. The SMILES string of the molecule is Cc1ccn2c(-c3cccc(N[C@H]4CCCC[C@@H]4F)n3)cnc2c1. The highest BCUT2D eigenvalue weighted by Gasteiger charge is 2.24. The Hall–Kier alpha value is -2.43. The van der Waals surface area contributed by atoms with Gasteiger partial charge in [-0.3, -0.25) is 4.40 Å². The minimum Gasteiger partial charge on any atom is -0.364 e. The number of imidazole rings is 1. The average Bonchev–Trinajstić information content (AvgIpc) is 3.00. The molecule has 5 heteroatoms. The molecular weight excluding hydrogens is 303 g/mol. The third kappa shape index (κ3) is 2.86. The van der Waals surface area contributed by atoms with Gasteiger partial charge in [0.05, 0.1) is 23.6 Å². The zero-order valence-electron chi connectivity index (χ0n) is 13.7. The number of rotatable bonds is 3. The highest BCUT2D eigenvalue weighted by molar-refractivity contribution is 5.62. The van der Waals surface area contributed by atoms with E-state index in [4.69, 9.17) is 0 Å². The van der Waals surface area contributed by atoms with Gasteiger partial charge in [0.15, 0.2) is 0 Å². The molecule has 0 bridgehead atoms. The van der Waals surface area contributed by atoms with Crippen molar-refractivity contribution in [2.75, 3.05) is 5.32 Å². The lowest BCUT2D eigenvalue weighted by Gasteiger charge is -2.27. The molecule has 0 radical (unpaired) electrons. The third-order valence-corrected chi connectivity index (χ3v) is 4.70. The molecule has 0 aromatic carbocycles. The van der Waals surface area contributed by atoms with Gasteiger partial charge >= 0.3 is 0 Å². The summed E-state index contributed by atoms with van der Waals surface area (Å²) in [5, 5.41) is 3.27. The Kier molecular flexibility index (Phi) is 3.92. The van der Waals surface area contributed by atoms with Crippen molar-refractivity contribution in [1.29, 1.82) is 0 Å². The number of alkyl halides is 1. The molecule has 4 nitrogen and oxygen atoms in total. The summed E-state index contributed by atoms with van der Waals surface area (Å²) in [5.41, 5.74) is 3.85. The maximum Gasteiger partial charge on any atom is 0.137 e. The number of aryl methyl sites for hydroxylation is 1. The Labute approximate surface area is 140 Å². The minimum atomic E-state index is -0.789. The Morgan fingerprint density at radius 2 is 2.08 bits per heavy atom. The zero-order chi connectivity index (χ0) is 16.5. The van der Waals surface area contributed by atoms with Crippen LogP contribution in [0.1, 0.15) is 31.2 Å². The molecule has 2 atom stereocenters. The maximum absolute atomic E-state index is 14.0. The van der Waals surface area contributed by atoms with E-state index in [9.17, 15) is 4.39 Å². The number of aromatic nitrogens is 3. The summed E-state index contributed by atoms with van der Waals surface area (Å²) in [6.45, 7) is 2.05. The number of anilines is 1. The molecule has 4 rings (SSSR count). The maximum atomic E-state index is 14.0. The highest BCUT2D eigenvalue weighted by atomic mass is 19.1. The molecule has 0 saturated heterocycles. The lowest BCUT2D eigenvalue weighted by Crippen LogP contribution is -2.33. The third-order valence-electron chi connectivity index (χ3n) is 4.70. The number of hydrogen-bond acceptors (Lipinski definition) is 3. The molecule has 124 valence electrons. The van der Waals surface area contributed by atoms with Crippen LogP contribution in [0.3, 0.4) is 0 Å². The average molecular weight is 324 g/mol. The van der Waals surface area contributed by atoms with Gasteiger partial charge in [0.1, 0.15) is 17.6 Å². The molecular formula is C19H21FN4. The molecule has 0 amide bonds. The Morgan fingerprint density at radius 3 is 2.96 bits per heavy atom. The van der Waals surface area contributed by atoms with Gasteiger partial charge in [0.25, 0.3) is 0 Å². The van der Waals surface area contributed by atoms with Crippen molar-refractivity contribution in [2.45, 2.75) is 44.8 Å². The summed E-state index contributed by atoms with van der Waals surface area (Å²) >= 11 is 0. The van der Waals surface area contributed by atoms with Gasteiger partial charge in [0.2, 0.25) is 0 Å². The van der Waals surface area contributed by atoms with Gasteiger partial charge in [-0.05, 0) is 49.6 Å². The fourth-order valence-corrected chi connectivity index (χ4v) is 3.37. The van der Waals surface area contributed by atoms with Crippen LogP contribution >= 0.6 is 0 Å². The Balaban J connectivity index is 1.64. The molecule has 3 aromatic heterocycles. The first-order valence-corrected chi connectivity index (χ1v) is 8.52. The van der Waals surface area contributed by atoms with Crippen molar-refractivity contribution in [3.8, 4) is 11.4 Å². The Bertz CT molecular complexity index is 857. The predicted octanol–water partition coefficient (Wildman–Crippen LogP) is 4.40. The molecule has 24 heavy (non-hydrogen) atoms. The number of nitrogens with one attached hydrogen (secondary N) is 1. The zero-order valence-corrected chi connectivity index (χ0v) is 13.7. The molecule has 1 aliphatic rings. The summed E-state index contributed by atoms with van der Waals surface area (Å²) in [6.07, 6.45) is 6.61. The summed E-state index contributed by atoms with van der Waals surface area (Å²) < 4.78 is 16.1. The molecule has 0 aliphatic heterocycles. The monoisotopic (exact) mass is 324 g/mol. The number of halogens is 1. The van der Waals surface area contributed by atoms with Crippen molar-refractivity contribution in [3.05, 3.63) is 48.3 Å². The number of hydrogen-bond donors (Lipinski definition) is 1. The first kappa shape index (κ1) is 15.1. The number of fused-ring (bicyclic) bond motifs is 1. The lowest BCUT2D eigenvalue weighted by atomic mass is 9.94. The van der Waals surface area contributed by atoms with Gasteiger partial charge in [0, 0.05) is 6.20 Å². The first-order valence-electron chi connectivity index (χ1n) is 8.52. The normalized spacial score (nSPS) is 21.1. The smallest absolute Gasteiger partial charge is 0.137 e. The van der Waals surface area contributed by atoms with Crippen molar-refractivity contribution < 1.29 is 4.39 Å². The van der Waals surface area contributed by atoms with Crippen LogP contribution in [0.2, 0.25) is 0 Å². The van der Waals surface area contributed by atoms with Gasteiger partial charge in [-0.1, -0.05) is 18.9 Å². The van der Waals surface area contributed by atoms with E-state index in [1.165, 1.54) is 5.56 Å². The quantitative estimate of drug-likeness (QED) is 0.776. The minimum absolute atomic E-state index is 0.133. The summed E-state index contributed by atoms with van der Waals surface area (Å²) in [6, 6.07) is 9.78. The van der Waals surface area contributed by atoms with Crippen LogP contribution in [0.4, 0.5) is 10.2 Å². The van der Waals surface area contributed by atoms with Gasteiger partial charge < -0.3 is 5.32 Å². The molecule has 1 saturated carbocycles. The second kappa shape index (κ2) is 6.23. The largest absolute Gasteiger partial charge is 0.364 e. The fourth-order valence-electron chi connectivity index (χ4n) is 3.37. The van der Waals surface area contributed by atoms with Crippen LogP contribution in [-0.4, -0.2) is 26.6 Å². The van der Waals surface area contributed by atoms with Gasteiger partial charge in [-0.2, -0.15) is 0 Å². The second-order valence-electron chi connectivity index (χ2n) is 6.54. The highest BCUT2D eigenvalue weighted by Crippen LogP contribution is 2.25. The van der Waals surface area contributed by atoms with Crippen LogP contribution in [-0.2, 0) is 0 Å². The standard InChI is InChI=1S/C19H21FN4/c1-13-9-10-24-17(12-21-19(24)11-13)16-7-4-8-18(23-16)22-15-6-3-2-5-14(15)20/h4,7-12,14-15H,2-3,5-6H2,1H3,(H,22,23)/t14-,15-/m0/s1. The van der Waals surface area contributed by atoms with Crippen LogP contribution in [0.15, 0.2) is 42.7 Å². The first-order chi connectivity index (χ1) is 11.7. The summed E-state index contributed by atoms with van der Waals surface area (Å²) in [7, 11) is 0. The summed E-state index contributed by atoms with van der Waals surface area (Å²) in [5.74, 6) is 0.726. The van der Waals surface area contributed by atoms with E-state index in [-0.39, 0.29) is 6.04 Å². The van der Waals surface area contributed by atoms with Crippen molar-refractivity contribution in [2.24, 2.45) is 0 Å². The van der Waals surface area contributed by atoms with Gasteiger partial charge in [-0.25, -0.2) is 14.4 Å². The van der Waals surface area contributed by atoms with Crippen LogP contribution in [0.5, 0.6) is 0 Å². The number of pyridine rings is 2. The summed E-state index contributed by atoms with van der Waals surface area (Å²) in [4.78, 5) is 9.13. The van der Waals surface area contributed by atoms with Crippen molar-refractivity contribution in [1.82, 2.24) is 14.4 Å². The van der Waals surface area contributed by atoms with E-state index in [0.29, 0.717) is 6.42 Å². The molecule has 3 heterocycles. The van der Waals surface area contributed by atoms with E-state index < -0.39 is 6.17 Å². The van der Waals surface area contributed by atoms with E-state index >= 15 is 0 Å². The molecule has 1 fully saturated rings. The predicted molar refractivity (Wildman–Crippen MR) is 93.9 cm³/mol. The van der Waals surface area contributed by atoms with Crippen LogP contribution in [0, 0.1) is 6.92 Å². The van der Waals surface area contributed by atoms with Crippen LogP contribution in [0.25, 0.3) is 17.0 Å². The van der Waals surface area contributed by atoms with Crippen molar-refractivity contribution in [3.63, 3.8) is 0 Å². The van der Waals surface area contributed by atoms with Crippen LogP contribution < -0.4 is 5.32 Å². The Morgan fingerprint density at radius 1 is 1.21 bits per heavy atom. The molecule has 0 spiro atoms. The topological polar surface area (TPSA) is 42.2 Å². The second-order valence-corrected chi connectivity index (χ2v) is 6.54. The molecule has 1 aliphatic carbocycles. The van der Waals surface area contributed by atoms with Gasteiger partial charge in [-0.15, -0.1) is 0 Å². The molecule has 0 unspecified atom stereocenters. The van der Waals surface area contributed by atoms with E-state index in [2.05, 4.69) is 28.3 Å². The lowest BCUT2D eigenvalue weighted by molar-refractivity contribution is 0.229. The van der Waals surface area contributed by atoms with E-state index in [0.717, 1.165) is 42.1 Å². The molecule has 3 aromatic rings. The fraction of sp³-hybridized carbons (Fsp3) is 0.368. The number of nitrogens with zero attached hydrogens (tertiary/aromatic N) is 3.